The molecule has 0 spiro atoms. The van der Waals surface area contributed by atoms with Crippen molar-refractivity contribution in [1.82, 2.24) is 5.32 Å². The Morgan fingerprint density at radius 1 is 1.24 bits per heavy atom. The van der Waals surface area contributed by atoms with E-state index < -0.39 is 6.04 Å². The summed E-state index contributed by atoms with van der Waals surface area (Å²) < 4.78 is 0. The Bertz CT molecular complexity index is 395. The third-order valence-electron chi connectivity index (χ3n) is 2.61. The third kappa shape index (κ3) is 4.02. The maximum Gasteiger partial charge on any atom is 0.217 e. The number of hydrogen-bond donors (Lipinski definition) is 1. The van der Waals surface area contributed by atoms with Crippen LogP contribution in [0, 0.1) is 6.92 Å². The number of rotatable bonds is 5. The standard InChI is InChI=1S/C14H19NO2/c1-4-5-13(15-11(3)16)14(17)12-8-6-10(2)7-9-12/h6-9,13H,4-5H2,1-3H3,(H,15,16). The molecule has 0 heterocycles. The molecule has 3 heteroatoms. The van der Waals surface area contributed by atoms with Gasteiger partial charge in [-0.05, 0) is 13.3 Å². The molecule has 0 bridgehead atoms. The Kier molecular flexibility index (Phi) is 4.88. The van der Waals surface area contributed by atoms with Crippen molar-refractivity contribution < 1.29 is 9.59 Å². The quantitative estimate of drug-likeness (QED) is 0.794. The minimum absolute atomic E-state index is 0.0120. The first-order valence-corrected chi connectivity index (χ1v) is 5.92. The summed E-state index contributed by atoms with van der Waals surface area (Å²) in [4.78, 5) is 23.2. The molecule has 1 aromatic rings. The Morgan fingerprint density at radius 2 is 1.82 bits per heavy atom. The van der Waals surface area contributed by atoms with Crippen LogP contribution >= 0.6 is 0 Å². The summed E-state index contributed by atoms with van der Waals surface area (Å²) in [7, 11) is 0. The first-order valence-electron chi connectivity index (χ1n) is 5.92. The van der Waals surface area contributed by atoms with E-state index in [4.69, 9.17) is 0 Å². The van der Waals surface area contributed by atoms with Gasteiger partial charge in [0.25, 0.3) is 0 Å². The number of hydrogen-bond acceptors (Lipinski definition) is 2. The molecule has 0 fully saturated rings. The predicted molar refractivity (Wildman–Crippen MR) is 68.0 cm³/mol. The highest BCUT2D eigenvalue weighted by molar-refractivity contribution is 6.01. The second kappa shape index (κ2) is 6.18. The molecule has 1 aromatic carbocycles. The van der Waals surface area contributed by atoms with Gasteiger partial charge in [-0.25, -0.2) is 0 Å². The molecule has 92 valence electrons. The molecule has 17 heavy (non-hydrogen) atoms. The molecule has 0 aliphatic rings. The smallest absolute Gasteiger partial charge is 0.217 e. The fourth-order valence-electron chi connectivity index (χ4n) is 1.72. The van der Waals surface area contributed by atoms with Gasteiger partial charge >= 0.3 is 0 Å². The predicted octanol–water partition coefficient (Wildman–Crippen LogP) is 2.48. The lowest BCUT2D eigenvalue weighted by Crippen LogP contribution is -2.39. The number of ketones is 1. The average Bonchev–Trinajstić information content (AvgIpc) is 2.28. The molecule has 0 aliphatic carbocycles. The molecule has 1 amide bonds. The zero-order chi connectivity index (χ0) is 12.8. The van der Waals surface area contributed by atoms with Crippen LogP contribution in [-0.4, -0.2) is 17.7 Å². The van der Waals surface area contributed by atoms with Gasteiger partial charge in [0.2, 0.25) is 5.91 Å². The van der Waals surface area contributed by atoms with Gasteiger partial charge in [0.15, 0.2) is 5.78 Å². The number of amides is 1. The van der Waals surface area contributed by atoms with Crippen molar-refractivity contribution in [2.45, 2.75) is 39.7 Å². The highest BCUT2D eigenvalue weighted by atomic mass is 16.2. The Morgan fingerprint density at radius 3 is 2.29 bits per heavy atom. The summed E-state index contributed by atoms with van der Waals surface area (Å²) in [5, 5.41) is 2.71. The molecular weight excluding hydrogens is 214 g/mol. The van der Waals surface area contributed by atoms with Gasteiger partial charge in [0.05, 0.1) is 6.04 Å². The fourth-order valence-corrected chi connectivity index (χ4v) is 1.72. The number of Topliss-reactive ketones (excluding diaryl/α,β-unsaturated/α-hetero) is 1. The van der Waals surface area contributed by atoms with E-state index in [1.807, 2.05) is 38.1 Å². The van der Waals surface area contributed by atoms with Crippen molar-refractivity contribution in [3.8, 4) is 0 Å². The van der Waals surface area contributed by atoms with Gasteiger partial charge < -0.3 is 5.32 Å². The second-order valence-corrected chi connectivity index (χ2v) is 4.27. The van der Waals surface area contributed by atoms with Crippen LogP contribution in [-0.2, 0) is 4.79 Å². The van der Waals surface area contributed by atoms with Crippen LogP contribution in [0.25, 0.3) is 0 Å². The van der Waals surface area contributed by atoms with Crippen LogP contribution in [0.4, 0.5) is 0 Å². The highest BCUT2D eigenvalue weighted by Crippen LogP contribution is 2.09. The van der Waals surface area contributed by atoms with E-state index in [-0.39, 0.29) is 11.7 Å². The number of nitrogens with one attached hydrogen (secondary N) is 1. The molecule has 0 radical (unpaired) electrons. The van der Waals surface area contributed by atoms with Gasteiger partial charge in [0, 0.05) is 12.5 Å². The molecule has 0 saturated carbocycles. The summed E-state index contributed by atoms with van der Waals surface area (Å²) in [6.07, 6.45) is 1.54. The lowest BCUT2D eigenvalue weighted by atomic mass is 9.99. The molecule has 0 saturated heterocycles. The van der Waals surface area contributed by atoms with Gasteiger partial charge in [-0.3, -0.25) is 9.59 Å². The largest absolute Gasteiger partial charge is 0.346 e. The normalized spacial score (nSPS) is 11.9. The van der Waals surface area contributed by atoms with E-state index >= 15 is 0 Å². The summed E-state index contributed by atoms with van der Waals surface area (Å²) in [6, 6.07) is 7.03. The minimum atomic E-state index is -0.403. The molecular formula is C14H19NO2. The van der Waals surface area contributed by atoms with Gasteiger partial charge in [-0.1, -0.05) is 43.2 Å². The lowest BCUT2D eigenvalue weighted by molar-refractivity contribution is -0.119. The Balaban J connectivity index is 2.83. The average molecular weight is 233 g/mol. The van der Waals surface area contributed by atoms with Crippen LogP contribution in [0.1, 0.15) is 42.6 Å². The Hall–Kier alpha value is -1.64. The molecule has 0 aromatic heterocycles. The number of carbonyl (C=O) groups is 2. The fraction of sp³-hybridized carbons (Fsp3) is 0.429. The van der Waals surface area contributed by atoms with Crippen molar-refractivity contribution in [2.75, 3.05) is 0 Å². The monoisotopic (exact) mass is 233 g/mol. The van der Waals surface area contributed by atoms with E-state index in [9.17, 15) is 9.59 Å². The maximum absolute atomic E-state index is 12.2. The van der Waals surface area contributed by atoms with Gasteiger partial charge in [-0.2, -0.15) is 0 Å². The summed E-state index contributed by atoms with van der Waals surface area (Å²) in [5.74, 6) is -0.175. The van der Waals surface area contributed by atoms with Crippen molar-refractivity contribution in [1.29, 1.82) is 0 Å². The topological polar surface area (TPSA) is 46.2 Å². The van der Waals surface area contributed by atoms with E-state index in [0.717, 1.165) is 12.0 Å². The maximum atomic E-state index is 12.2. The van der Waals surface area contributed by atoms with Crippen LogP contribution in [0.5, 0.6) is 0 Å². The third-order valence-corrected chi connectivity index (χ3v) is 2.61. The molecule has 1 atom stereocenters. The van der Waals surface area contributed by atoms with Crippen LogP contribution in [0.2, 0.25) is 0 Å². The molecule has 1 unspecified atom stereocenters. The summed E-state index contributed by atoms with van der Waals surface area (Å²) in [5.41, 5.74) is 1.77. The number of benzene rings is 1. The van der Waals surface area contributed by atoms with Gasteiger partial charge in [-0.15, -0.1) is 0 Å². The van der Waals surface area contributed by atoms with E-state index in [0.29, 0.717) is 12.0 Å². The molecule has 3 nitrogen and oxygen atoms in total. The van der Waals surface area contributed by atoms with Crippen LogP contribution in [0.3, 0.4) is 0 Å². The summed E-state index contributed by atoms with van der Waals surface area (Å²) in [6.45, 7) is 5.41. The van der Waals surface area contributed by atoms with Crippen molar-refractivity contribution >= 4 is 11.7 Å². The van der Waals surface area contributed by atoms with Crippen LogP contribution in [0.15, 0.2) is 24.3 Å². The van der Waals surface area contributed by atoms with Crippen molar-refractivity contribution in [2.24, 2.45) is 0 Å². The number of carbonyl (C=O) groups excluding carboxylic acids is 2. The first kappa shape index (κ1) is 13.4. The zero-order valence-corrected chi connectivity index (χ0v) is 10.6. The SMILES string of the molecule is CCCC(NC(C)=O)C(=O)c1ccc(C)cc1. The first-order chi connectivity index (χ1) is 8.04. The second-order valence-electron chi connectivity index (χ2n) is 4.27. The van der Waals surface area contributed by atoms with Gasteiger partial charge in [0.1, 0.15) is 0 Å². The zero-order valence-electron chi connectivity index (χ0n) is 10.6. The van der Waals surface area contributed by atoms with E-state index in [1.54, 1.807) is 0 Å². The van der Waals surface area contributed by atoms with E-state index in [2.05, 4.69) is 5.32 Å². The molecule has 1 N–H and O–H groups in total. The molecule has 1 rings (SSSR count). The van der Waals surface area contributed by atoms with Crippen molar-refractivity contribution in [3.05, 3.63) is 35.4 Å². The summed E-state index contributed by atoms with van der Waals surface area (Å²) >= 11 is 0. The lowest BCUT2D eigenvalue weighted by Gasteiger charge is -2.15. The van der Waals surface area contributed by atoms with Crippen LogP contribution < -0.4 is 5.32 Å². The highest BCUT2D eigenvalue weighted by Gasteiger charge is 2.19. The van der Waals surface area contributed by atoms with E-state index in [1.165, 1.54) is 6.92 Å². The van der Waals surface area contributed by atoms with Crippen molar-refractivity contribution in [3.63, 3.8) is 0 Å². The Labute approximate surface area is 102 Å². The number of aryl methyl sites for hydroxylation is 1. The minimum Gasteiger partial charge on any atom is -0.346 e. The molecule has 0 aliphatic heterocycles.